The maximum absolute atomic E-state index is 12.6. The number of rotatable bonds is 42. The normalized spacial score (nSPS) is 11.2. The topological polar surface area (TPSA) is 272 Å². The molecular formula is C59H97FmN4O18Pd-. The van der Waals surface area contributed by atoms with E-state index in [0.717, 1.165) is 54.4 Å². The first-order chi connectivity index (χ1) is 38.9. The molecule has 0 saturated carbocycles. The second-order valence-corrected chi connectivity index (χ2v) is 19.2. The molecule has 83 heavy (non-hydrogen) atoms. The molecule has 2 atom stereocenters. The van der Waals surface area contributed by atoms with Crippen LogP contribution >= 0.6 is 0 Å². The van der Waals surface area contributed by atoms with Gasteiger partial charge in [-0.25, -0.2) is 9.59 Å². The van der Waals surface area contributed by atoms with E-state index in [1.54, 1.807) is 27.7 Å². The standard InChI is InChI=1S/C45H68N2O13.C11H19N2O4.C2H6.CH4O.Fm.Pd/c1-6-7-8-9-10-18-59-43(49)42(47-36-48)35-38-11-13-39(14-12-38)41-16-15-40(34-37(41)2)58-33-32-57-31-30-56-29-28-55-27-26-54-25-24-53-23-22-52-21-20-51-19-17-46-44(50)60-45(3,4)5;1-8(13-9(15)6-12-7-14)5-10(16)17-11(2,3)4;2*1-2;;/h1,11-16,34,36,42H,7-10,17-33,35H2,2-5H3,(H,46,50)(H,47,48);8H,5-6H2,1-4H3,(H,12,14)(H,13,15);1-2H3;2H,1H3;;/q;-1;;;;/t42-;;;;;/m0...../s1. The van der Waals surface area contributed by atoms with Crippen molar-refractivity contribution in [3.8, 4) is 29.2 Å². The number of terminal acetylenes is 1. The number of hydrogen-bond donors (Lipinski definition) is 5. The number of ether oxygens (including phenoxy) is 11. The zero-order valence-electron chi connectivity index (χ0n) is 50.8. The van der Waals surface area contributed by atoms with Crippen LogP contribution in [-0.2, 0) is 98.2 Å². The number of alkyl carbamates (subject to hydrolysis) is 1. The Morgan fingerprint density at radius 2 is 1.19 bits per heavy atom. The molecule has 22 nitrogen and oxygen atoms in total. The van der Waals surface area contributed by atoms with E-state index < -0.39 is 29.3 Å². The van der Waals surface area contributed by atoms with Gasteiger partial charge in [0.2, 0.25) is 12.3 Å². The van der Waals surface area contributed by atoms with Crippen molar-refractivity contribution in [3.05, 3.63) is 53.6 Å². The Bertz CT molecular complexity index is 1990. The van der Waals surface area contributed by atoms with Crippen molar-refractivity contribution in [1.82, 2.24) is 21.3 Å². The van der Waals surface area contributed by atoms with Gasteiger partial charge in [-0.1, -0.05) is 44.2 Å². The number of nitrogens with one attached hydrogen (secondary N) is 4. The van der Waals surface area contributed by atoms with Gasteiger partial charge in [0.1, 0.15) is 29.6 Å². The predicted molar refractivity (Wildman–Crippen MR) is 308 cm³/mol. The van der Waals surface area contributed by atoms with Gasteiger partial charge in [0.25, 0.3) is 0 Å². The summed E-state index contributed by atoms with van der Waals surface area (Å²) in [6, 6.07) is 12.8. The summed E-state index contributed by atoms with van der Waals surface area (Å²) in [6.45, 7) is 25.7. The fraction of sp³-hybridized carbons (Fsp3) is 0.661. The number of amides is 4. The van der Waals surface area contributed by atoms with Gasteiger partial charge in [-0.2, -0.15) is 6.41 Å². The quantitative estimate of drug-likeness (QED) is 0.00792. The van der Waals surface area contributed by atoms with Crippen molar-refractivity contribution in [2.75, 3.05) is 126 Å². The number of hydrogen-bond acceptors (Lipinski definition) is 18. The number of aliphatic hydroxyl groups is 1. The number of aliphatic hydroxyl groups excluding tert-OH is 1. The number of aryl methyl sites for hydroxylation is 1. The summed E-state index contributed by atoms with van der Waals surface area (Å²) in [6.07, 6.45) is 10.4. The van der Waals surface area contributed by atoms with Gasteiger partial charge >= 0.3 is 18.0 Å². The van der Waals surface area contributed by atoms with Crippen LogP contribution in [0.25, 0.3) is 11.1 Å². The third-order valence-corrected chi connectivity index (χ3v) is 9.93. The number of carbonyl (C=O) groups is 5. The minimum Gasteiger partial charge on any atom is -0.522 e. The Labute approximate surface area is 502 Å². The monoisotopic (exact) mass is 1510 g/mol. The molecule has 24 heteroatoms. The molecule has 2 rings (SSSR count). The summed E-state index contributed by atoms with van der Waals surface area (Å²) in [7, 11) is 1.00. The summed E-state index contributed by atoms with van der Waals surface area (Å²) >= 11 is 0. The average molecular weight is 1510 g/mol. The first-order valence-electron chi connectivity index (χ1n) is 27.6. The molecule has 5 N–H and O–H groups in total. The van der Waals surface area contributed by atoms with Crippen molar-refractivity contribution < 1.29 is 106 Å². The van der Waals surface area contributed by atoms with Crippen molar-refractivity contribution in [2.45, 2.75) is 131 Å². The average Bonchev–Trinajstić information content (AvgIpc) is 3.44. The Hall–Kier alpha value is -6.24. The largest absolute Gasteiger partial charge is 0.522 e. The van der Waals surface area contributed by atoms with E-state index in [4.69, 9.17) is 63.6 Å². The maximum atomic E-state index is 12.6. The molecule has 0 aliphatic heterocycles. The number of carbonyl (C=O) groups excluding carboxylic acids is 6. The maximum Gasteiger partial charge on any atom is 0.407 e. The van der Waals surface area contributed by atoms with Crippen molar-refractivity contribution in [3.63, 3.8) is 0 Å². The van der Waals surface area contributed by atoms with Gasteiger partial charge in [0.15, 0.2) is 0 Å². The smallest absolute Gasteiger partial charge is 0.407 e. The van der Waals surface area contributed by atoms with Gasteiger partial charge in [-0.05, 0) is 109 Å². The van der Waals surface area contributed by atoms with Crippen LogP contribution in [-0.4, -0.2) is 191 Å². The van der Waals surface area contributed by atoms with E-state index in [2.05, 4.69) is 27.2 Å². The minimum absolute atomic E-state index is 0. The SMILES string of the molecule is C#CCCCCCOC(=O)[C@H](Cc1ccc(-c2ccc(OCCOCCOCCOCCOCCOCCOCCOCCNC(=O)OC(C)(C)C)cc2C)cc1)NC=O.CC.CC(CC(=O)OC(C)(C)C)NC(=O)CN[C-]=O.CO.[Fm].[Pd]. The first-order valence-corrected chi connectivity index (χ1v) is 27.6. The summed E-state index contributed by atoms with van der Waals surface area (Å²) in [5.41, 5.74) is 3.01. The van der Waals surface area contributed by atoms with E-state index in [9.17, 15) is 28.8 Å². The molecule has 0 aliphatic carbocycles. The third kappa shape index (κ3) is 51.2. The van der Waals surface area contributed by atoms with E-state index >= 15 is 0 Å². The van der Waals surface area contributed by atoms with Crippen molar-refractivity contribution >= 4 is 36.8 Å². The Morgan fingerprint density at radius 3 is 1.65 bits per heavy atom. The molecule has 1 unspecified atom stereocenters. The van der Waals surface area contributed by atoms with Crippen molar-refractivity contribution in [1.29, 1.82) is 0 Å². The molecule has 0 saturated heterocycles. The van der Waals surface area contributed by atoms with E-state index in [1.165, 1.54) is 6.41 Å². The Balaban J connectivity index is -0.00000115. The van der Waals surface area contributed by atoms with Crippen molar-refractivity contribution in [2.24, 2.45) is 0 Å². The second-order valence-electron chi connectivity index (χ2n) is 19.2. The minimum atomic E-state index is -0.753. The van der Waals surface area contributed by atoms with E-state index in [1.807, 2.05) is 84.0 Å². The van der Waals surface area contributed by atoms with Gasteiger partial charge in [0, 0.05) is 53.0 Å². The Morgan fingerprint density at radius 1 is 0.699 bits per heavy atom. The zero-order valence-corrected chi connectivity index (χ0v) is 54.8. The van der Waals surface area contributed by atoms with Gasteiger partial charge < -0.3 is 83.3 Å². The predicted octanol–water partition coefficient (Wildman–Crippen LogP) is 5.59. The van der Waals surface area contributed by atoms with Gasteiger partial charge in [-0.15, -0.1) is 12.3 Å². The molecule has 0 radical (unpaired) electrons. The van der Waals surface area contributed by atoms with Crippen LogP contribution < -0.4 is 26.0 Å². The molecule has 0 bridgehead atoms. The molecule has 0 aromatic heterocycles. The fourth-order valence-corrected chi connectivity index (χ4v) is 6.48. The van der Waals surface area contributed by atoms with E-state index in [-0.39, 0.29) is 51.3 Å². The van der Waals surface area contributed by atoms with E-state index in [0.29, 0.717) is 132 Å². The summed E-state index contributed by atoms with van der Waals surface area (Å²) in [5.74, 6) is 2.16. The number of esters is 2. The number of benzene rings is 2. The third-order valence-electron chi connectivity index (χ3n) is 9.93. The molecule has 2 aromatic carbocycles. The summed E-state index contributed by atoms with van der Waals surface area (Å²) < 4.78 is 60.1. The van der Waals surface area contributed by atoms with Gasteiger partial charge in [0.05, 0.1) is 112 Å². The molecular weight excluding hydrogens is 1420 g/mol. The van der Waals surface area contributed by atoms with Gasteiger partial charge in [-0.3, -0.25) is 14.4 Å². The molecule has 0 fully saturated rings. The molecule has 4 amide bonds. The van der Waals surface area contributed by atoms with Crippen LogP contribution in [0, 0.1) is 19.3 Å². The molecule has 484 valence electrons. The Kier molecular flexibility index (Phi) is 55.1. The van der Waals surface area contributed by atoms with Crippen LogP contribution in [0.2, 0.25) is 0 Å². The molecule has 2 aromatic rings. The van der Waals surface area contributed by atoms with Crippen LogP contribution in [0.1, 0.15) is 106 Å². The second kappa shape index (κ2) is 55.0. The zero-order chi connectivity index (χ0) is 61.0. The van der Waals surface area contributed by atoms with Crippen LogP contribution in [0.4, 0.5) is 4.79 Å². The van der Waals surface area contributed by atoms with Crippen LogP contribution in [0.5, 0.6) is 5.75 Å². The summed E-state index contributed by atoms with van der Waals surface area (Å²) in [5, 5.41) is 16.9. The molecule has 0 spiro atoms. The molecule has 0 heterocycles. The number of unbranched alkanes of at least 4 members (excludes halogenated alkanes) is 3. The molecule has 0 aliphatic rings. The summed E-state index contributed by atoms with van der Waals surface area (Å²) in [4.78, 5) is 67.7. The van der Waals surface area contributed by atoms with Crippen LogP contribution in [0.3, 0.4) is 0 Å². The first kappa shape index (κ1) is 83.2. The van der Waals surface area contributed by atoms with Crippen LogP contribution in [0.15, 0.2) is 42.5 Å². The fourth-order valence-electron chi connectivity index (χ4n) is 6.48.